The zero-order chi connectivity index (χ0) is 30.4. The fourth-order valence-corrected chi connectivity index (χ4v) is 9.47. The molecule has 8 nitrogen and oxygen atoms in total. The van der Waals surface area contributed by atoms with Gasteiger partial charge in [-0.15, -0.1) is 0 Å². The normalized spacial score (nSPS) is 24.8. The standard InChI is InChI=1S/C33H38O8S2/c1-16-5-6-17-11-21-27(19-8-7-18(34)12-20(17)19)24(38-2)14-25-28(21)23(15-43-42-10-9-16)30(36)32(41-25)22-13-26(39-3)31(37)33(40-4)29(22)35/h7-8,12-14,16-17,23,30,32,34-37H,5-6,9-11,15H2,1-4H3. The molecule has 0 spiro atoms. The summed E-state index contributed by atoms with van der Waals surface area (Å²) in [5.74, 6) is 2.90. The van der Waals surface area contributed by atoms with E-state index in [1.165, 1.54) is 20.3 Å². The van der Waals surface area contributed by atoms with Gasteiger partial charge < -0.3 is 39.4 Å². The molecule has 0 amide bonds. The minimum Gasteiger partial charge on any atom is -0.508 e. The van der Waals surface area contributed by atoms with Crippen LogP contribution in [0.4, 0.5) is 0 Å². The van der Waals surface area contributed by atoms with Crippen LogP contribution in [0.25, 0.3) is 11.1 Å². The van der Waals surface area contributed by atoms with Crippen molar-refractivity contribution in [1.82, 2.24) is 0 Å². The number of hydrogen-bond donors (Lipinski definition) is 4. The van der Waals surface area contributed by atoms with Gasteiger partial charge in [0.2, 0.25) is 11.5 Å². The molecule has 0 saturated heterocycles. The van der Waals surface area contributed by atoms with E-state index in [4.69, 9.17) is 18.9 Å². The molecule has 2 heterocycles. The molecule has 0 fully saturated rings. The maximum atomic E-state index is 12.1. The lowest BCUT2D eigenvalue weighted by molar-refractivity contribution is 0.00299. The fraction of sp³-hybridized carbons (Fsp3) is 0.455. The third kappa shape index (κ3) is 5.21. The first kappa shape index (κ1) is 30.0. The number of aromatic hydroxyl groups is 3. The molecule has 230 valence electrons. The Labute approximate surface area is 259 Å². The molecule has 5 atom stereocenters. The van der Waals surface area contributed by atoms with E-state index in [9.17, 15) is 20.4 Å². The Hall–Kier alpha value is -3.08. The summed E-state index contributed by atoms with van der Waals surface area (Å²) in [6.07, 6.45) is 1.92. The van der Waals surface area contributed by atoms with Gasteiger partial charge in [-0.05, 0) is 66.0 Å². The summed E-state index contributed by atoms with van der Waals surface area (Å²) in [6, 6.07) is 8.95. The molecule has 3 aliphatic rings. The number of benzene rings is 3. The van der Waals surface area contributed by atoms with Crippen molar-refractivity contribution in [3.05, 3.63) is 52.6 Å². The largest absolute Gasteiger partial charge is 0.508 e. The Morgan fingerprint density at radius 3 is 2.40 bits per heavy atom. The highest BCUT2D eigenvalue weighted by Crippen LogP contribution is 2.57. The average molecular weight is 627 g/mol. The highest BCUT2D eigenvalue weighted by atomic mass is 33.1. The number of phenols is 3. The highest BCUT2D eigenvalue weighted by molar-refractivity contribution is 8.76. The van der Waals surface area contributed by atoms with Crippen LogP contribution in [-0.2, 0) is 6.42 Å². The second-order valence-electron chi connectivity index (χ2n) is 11.6. The first-order valence-corrected chi connectivity index (χ1v) is 17.1. The number of fused-ring (bicyclic) bond motifs is 4. The first-order valence-electron chi connectivity index (χ1n) is 14.6. The Kier molecular flexibility index (Phi) is 8.45. The average Bonchev–Trinajstić information content (AvgIpc) is 3.01. The summed E-state index contributed by atoms with van der Waals surface area (Å²) < 4.78 is 23.2. The molecule has 5 unspecified atom stereocenters. The molecule has 0 radical (unpaired) electrons. The molecular formula is C33H38O8S2. The van der Waals surface area contributed by atoms with Gasteiger partial charge >= 0.3 is 0 Å². The van der Waals surface area contributed by atoms with Crippen molar-refractivity contribution in [2.75, 3.05) is 32.8 Å². The van der Waals surface area contributed by atoms with Gasteiger partial charge in [0.25, 0.3) is 0 Å². The summed E-state index contributed by atoms with van der Waals surface area (Å²) in [5.41, 5.74) is 5.45. The zero-order valence-corrected chi connectivity index (χ0v) is 26.4. The predicted octanol–water partition coefficient (Wildman–Crippen LogP) is 6.92. The molecular weight excluding hydrogens is 588 g/mol. The molecule has 2 aliphatic heterocycles. The first-order chi connectivity index (χ1) is 20.8. The van der Waals surface area contributed by atoms with Crippen LogP contribution < -0.4 is 18.9 Å². The van der Waals surface area contributed by atoms with Crippen LogP contribution >= 0.6 is 21.6 Å². The van der Waals surface area contributed by atoms with Gasteiger partial charge in [-0.25, -0.2) is 0 Å². The van der Waals surface area contributed by atoms with E-state index in [0.29, 0.717) is 23.2 Å². The van der Waals surface area contributed by atoms with Gasteiger partial charge in [0, 0.05) is 40.2 Å². The highest BCUT2D eigenvalue weighted by Gasteiger charge is 2.44. The lowest BCUT2D eigenvalue weighted by atomic mass is 9.71. The number of aliphatic hydroxyl groups excluding tert-OH is 1. The maximum Gasteiger partial charge on any atom is 0.207 e. The van der Waals surface area contributed by atoms with Crippen molar-refractivity contribution in [3.63, 3.8) is 0 Å². The number of methoxy groups -OCH3 is 3. The molecule has 0 saturated carbocycles. The van der Waals surface area contributed by atoms with Gasteiger partial charge in [-0.2, -0.15) is 0 Å². The van der Waals surface area contributed by atoms with Crippen LogP contribution in [0.15, 0.2) is 30.3 Å². The Morgan fingerprint density at radius 1 is 0.860 bits per heavy atom. The van der Waals surface area contributed by atoms with E-state index in [-0.39, 0.29) is 46.1 Å². The maximum absolute atomic E-state index is 12.1. The van der Waals surface area contributed by atoms with E-state index < -0.39 is 12.2 Å². The number of rotatable bonds is 4. The molecule has 0 aromatic heterocycles. The van der Waals surface area contributed by atoms with Gasteiger partial charge in [-0.1, -0.05) is 41.0 Å². The van der Waals surface area contributed by atoms with E-state index in [1.807, 2.05) is 29.0 Å². The smallest absolute Gasteiger partial charge is 0.207 e. The lowest BCUT2D eigenvalue weighted by Gasteiger charge is -2.41. The topological polar surface area (TPSA) is 118 Å². The van der Waals surface area contributed by atoms with Crippen molar-refractivity contribution in [2.45, 2.75) is 56.7 Å². The van der Waals surface area contributed by atoms with E-state index >= 15 is 0 Å². The molecule has 3 aromatic rings. The third-order valence-corrected chi connectivity index (χ3v) is 11.6. The van der Waals surface area contributed by atoms with Crippen LogP contribution in [0.1, 0.15) is 66.4 Å². The van der Waals surface area contributed by atoms with Gasteiger partial charge in [0.15, 0.2) is 17.6 Å². The van der Waals surface area contributed by atoms with Crippen molar-refractivity contribution < 1.29 is 39.4 Å². The number of ether oxygens (including phenoxy) is 4. The van der Waals surface area contributed by atoms with Gasteiger partial charge in [-0.3, -0.25) is 0 Å². The molecule has 2 bridgehead atoms. The third-order valence-electron chi connectivity index (χ3n) is 9.15. The number of hydrogen-bond acceptors (Lipinski definition) is 10. The van der Waals surface area contributed by atoms with Crippen LogP contribution in [0.2, 0.25) is 0 Å². The summed E-state index contributed by atoms with van der Waals surface area (Å²) >= 11 is 0. The summed E-state index contributed by atoms with van der Waals surface area (Å²) in [6.45, 7) is 2.31. The SMILES string of the molecule is COc1cc(C2Oc3cc(OC)c4c5c3C(CSSCCC(C)CCC(C5)c3cc(O)ccc3-4)C2O)c(O)c(OC)c1O. The van der Waals surface area contributed by atoms with Crippen molar-refractivity contribution in [1.29, 1.82) is 0 Å². The van der Waals surface area contributed by atoms with Gasteiger partial charge in [0.05, 0.1) is 21.3 Å². The lowest BCUT2D eigenvalue weighted by Crippen LogP contribution is -2.37. The molecule has 43 heavy (non-hydrogen) atoms. The van der Waals surface area contributed by atoms with Crippen LogP contribution in [0, 0.1) is 5.92 Å². The fourth-order valence-electron chi connectivity index (χ4n) is 6.88. The van der Waals surface area contributed by atoms with Crippen molar-refractivity contribution >= 4 is 21.6 Å². The Bertz CT molecular complexity index is 1530. The van der Waals surface area contributed by atoms with Crippen molar-refractivity contribution in [2.24, 2.45) is 5.92 Å². The summed E-state index contributed by atoms with van der Waals surface area (Å²) in [5, 5.41) is 44.3. The van der Waals surface area contributed by atoms with Crippen LogP contribution in [0.5, 0.6) is 40.2 Å². The quantitative estimate of drug-likeness (QED) is 0.228. The minimum atomic E-state index is -1.02. The molecule has 1 aliphatic carbocycles. The minimum absolute atomic E-state index is 0.103. The van der Waals surface area contributed by atoms with Crippen LogP contribution in [0.3, 0.4) is 0 Å². The molecule has 4 N–H and O–H groups in total. The molecule has 10 heteroatoms. The number of phenolic OH excluding ortho intramolecular Hbond substituents is 3. The van der Waals surface area contributed by atoms with Gasteiger partial charge in [0.1, 0.15) is 23.4 Å². The summed E-state index contributed by atoms with van der Waals surface area (Å²) in [4.78, 5) is 0. The Balaban J connectivity index is 1.56. The molecule has 3 aromatic carbocycles. The Morgan fingerprint density at radius 2 is 1.65 bits per heavy atom. The second-order valence-corrected chi connectivity index (χ2v) is 14.3. The predicted molar refractivity (Wildman–Crippen MR) is 169 cm³/mol. The van der Waals surface area contributed by atoms with Crippen LogP contribution in [-0.4, -0.2) is 59.4 Å². The van der Waals surface area contributed by atoms with E-state index in [2.05, 4.69) is 6.92 Å². The van der Waals surface area contributed by atoms with E-state index in [1.54, 1.807) is 24.0 Å². The summed E-state index contributed by atoms with van der Waals surface area (Å²) in [7, 11) is 7.97. The number of aliphatic hydroxyl groups is 1. The zero-order valence-electron chi connectivity index (χ0n) is 24.8. The second kappa shape index (κ2) is 12.1. The molecule has 6 rings (SSSR count). The van der Waals surface area contributed by atoms with Crippen molar-refractivity contribution in [3.8, 4) is 51.4 Å². The monoisotopic (exact) mass is 626 g/mol. The van der Waals surface area contributed by atoms with E-state index in [0.717, 1.165) is 59.3 Å².